The van der Waals surface area contributed by atoms with E-state index in [0.29, 0.717) is 17.6 Å². The maximum Gasteiger partial charge on any atom is 0.224 e. The fourth-order valence-corrected chi connectivity index (χ4v) is 1.87. The zero-order valence-corrected chi connectivity index (χ0v) is 11.0. The van der Waals surface area contributed by atoms with E-state index in [1.165, 1.54) is 0 Å². The quantitative estimate of drug-likeness (QED) is 0.862. The average Bonchev–Trinajstić information content (AvgIpc) is 2.35. The van der Waals surface area contributed by atoms with E-state index in [1.807, 2.05) is 31.2 Å². The molecule has 0 fully saturated rings. The Morgan fingerprint density at radius 1 is 1.28 bits per heavy atom. The number of methoxy groups -OCH3 is 1. The van der Waals surface area contributed by atoms with E-state index in [0.717, 1.165) is 17.0 Å². The Balaban J connectivity index is 2.11. The van der Waals surface area contributed by atoms with Gasteiger partial charge < -0.3 is 10.1 Å². The van der Waals surface area contributed by atoms with Crippen molar-refractivity contribution in [3.63, 3.8) is 0 Å². The van der Waals surface area contributed by atoms with E-state index in [-0.39, 0.29) is 0 Å². The van der Waals surface area contributed by atoms with Gasteiger partial charge in [-0.3, -0.25) is 0 Å². The van der Waals surface area contributed by atoms with Crippen LogP contribution < -0.4 is 10.1 Å². The third-order valence-corrected chi connectivity index (χ3v) is 2.65. The minimum absolute atomic E-state index is 0.435. The molecule has 1 N–H and O–H groups in total. The van der Waals surface area contributed by atoms with Crippen molar-refractivity contribution in [3.8, 4) is 5.75 Å². The second-order valence-electron chi connectivity index (χ2n) is 3.82. The molecule has 0 spiro atoms. The van der Waals surface area contributed by atoms with Gasteiger partial charge in [0.25, 0.3) is 0 Å². The summed E-state index contributed by atoms with van der Waals surface area (Å²) in [5, 5.41) is 3.57. The lowest BCUT2D eigenvalue weighted by Crippen LogP contribution is -2.05. The van der Waals surface area contributed by atoms with Crippen LogP contribution >= 0.6 is 11.6 Å². The number of nitrogens with zero attached hydrogens (tertiary/aromatic N) is 2. The fraction of sp³-hybridized carbons (Fsp3) is 0.231. The predicted octanol–water partition coefficient (Wildman–Crippen LogP) is 3.06. The van der Waals surface area contributed by atoms with Crippen LogP contribution in [0.25, 0.3) is 0 Å². The highest BCUT2D eigenvalue weighted by Crippen LogP contribution is 2.18. The number of ether oxygens (including phenoxy) is 1. The Labute approximate surface area is 111 Å². The van der Waals surface area contributed by atoms with Crippen molar-refractivity contribution >= 4 is 17.5 Å². The molecule has 2 rings (SSSR count). The molecule has 4 nitrogen and oxygen atoms in total. The molecule has 5 heteroatoms. The summed E-state index contributed by atoms with van der Waals surface area (Å²) in [4.78, 5) is 8.36. The molecular weight excluding hydrogens is 250 g/mol. The van der Waals surface area contributed by atoms with Crippen molar-refractivity contribution in [2.45, 2.75) is 13.5 Å². The van der Waals surface area contributed by atoms with Crippen LogP contribution in [-0.4, -0.2) is 17.1 Å². The molecular formula is C13H14ClN3O. The Bertz CT molecular complexity index is 525. The average molecular weight is 264 g/mol. The number of rotatable bonds is 4. The molecule has 1 aromatic heterocycles. The second kappa shape index (κ2) is 5.69. The van der Waals surface area contributed by atoms with Crippen molar-refractivity contribution in [1.82, 2.24) is 9.97 Å². The van der Waals surface area contributed by atoms with E-state index in [9.17, 15) is 0 Å². The number of aryl methyl sites for hydroxylation is 1. The molecule has 0 saturated carbocycles. The second-order valence-corrected chi connectivity index (χ2v) is 4.21. The first kappa shape index (κ1) is 12.6. The van der Waals surface area contributed by atoms with Crippen LogP contribution in [0.1, 0.15) is 11.3 Å². The third kappa shape index (κ3) is 3.11. The fourth-order valence-electron chi connectivity index (χ4n) is 1.63. The van der Waals surface area contributed by atoms with Crippen molar-refractivity contribution in [2.24, 2.45) is 0 Å². The standard InChI is InChI=1S/C13H14ClN3O/c1-9-7-12(14)17-13(16-9)15-8-10-5-3-4-6-11(10)18-2/h3-7H,8H2,1-2H3,(H,15,16,17). The van der Waals surface area contributed by atoms with Gasteiger partial charge in [-0.15, -0.1) is 0 Å². The molecule has 0 aliphatic carbocycles. The lowest BCUT2D eigenvalue weighted by Gasteiger charge is -2.09. The molecule has 0 bridgehead atoms. The number of benzene rings is 1. The summed E-state index contributed by atoms with van der Waals surface area (Å²) in [6.45, 7) is 2.46. The first-order chi connectivity index (χ1) is 8.69. The predicted molar refractivity (Wildman–Crippen MR) is 72.1 cm³/mol. The van der Waals surface area contributed by atoms with Gasteiger partial charge in [-0.05, 0) is 19.1 Å². The first-order valence-corrected chi connectivity index (χ1v) is 5.94. The highest BCUT2D eigenvalue weighted by Gasteiger charge is 2.03. The van der Waals surface area contributed by atoms with Crippen LogP contribution in [0.4, 0.5) is 5.95 Å². The Morgan fingerprint density at radius 2 is 2.06 bits per heavy atom. The van der Waals surface area contributed by atoms with E-state index >= 15 is 0 Å². The number of hydrogen-bond acceptors (Lipinski definition) is 4. The van der Waals surface area contributed by atoms with Crippen LogP contribution in [0.5, 0.6) is 5.75 Å². The van der Waals surface area contributed by atoms with Gasteiger partial charge in [-0.25, -0.2) is 9.97 Å². The Kier molecular flexibility index (Phi) is 3.99. The number of halogens is 1. The van der Waals surface area contributed by atoms with Gasteiger partial charge in [-0.1, -0.05) is 29.8 Å². The summed E-state index contributed by atoms with van der Waals surface area (Å²) in [7, 11) is 1.65. The van der Waals surface area contributed by atoms with Crippen molar-refractivity contribution in [1.29, 1.82) is 0 Å². The van der Waals surface area contributed by atoms with Crippen LogP contribution in [0.15, 0.2) is 30.3 Å². The third-order valence-electron chi connectivity index (χ3n) is 2.45. The Hall–Kier alpha value is -1.81. The number of aromatic nitrogens is 2. The van der Waals surface area contributed by atoms with Crippen LogP contribution in [0.2, 0.25) is 5.15 Å². The van der Waals surface area contributed by atoms with Gasteiger partial charge in [0, 0.05) is 17.8 Å². The molecule has 0 unspecified atom stereocenters. The lowest BCUT2D eigenvalue weighted by molar-refractivity contribution is 0.410. The summed E-state index contributed by atoms with van der Waals surface area (Å²) in [6.07, 6.45) is 0. The lowest BCUT2D eigenvalue weighted by atomic mass is 10.2. The van der Waals surface area contributed by atoms with Gasteiger partial charge in [0.05, 0.1) is 7.11 Å². The molecule has 0 amide bonds. The molecule has 0 atom stereocenters. The van der Waals surface area contributed by atoms with Crippen molar-refractivity contribution < 1.29 is 4.74 Å². The summed E-state index contributed by atoms with van der Waals surface area (Å²) in [5.41, 5.74) is 1.87. The summed E-state index contributed by atoms with van der Waals surface area (Å²) >= 11 is 5.87. The summed E-state index contributed by atoms with van der Waals surface area (Å²) in [6, 6.07) is 9.52. The molecule has 1 heterocycles. The van der Waals surface area contributed by atoms with Gasteiger partial charge in [0.2, 0.25) is 5.95 Å². The highest BCUT2D eigenvalue weighted by atomic mass is 35.5. The smallest absolute Gasteiger partial charge is 0.224 e. The molecule has 0 radical (unpaired) electrons. The zero-order valence-electron chi connectivity index (χ0n) is 10.3. The Morgan fingerprint density at radius 3 is 2.78 bits per heavy atom. The molecule has 18 heavy (non-hydrogen) atoms. The number of hydrogen-bond donors (Lipinski definition) is 1. The zero-order chi connectivity index (χ0) is 13.0. The highest BCUT2D eigenvalue weighted by molar-refractivity contribution is 6.29. The van der Waals surface area contributed by atoms with Gasteiger partial charge in [0.1, 0.15) is 10.9 Å². The van der Waals surface area contributed by atoms with Crippen LogP contribution in [-0.2, 0) is 6.54 Å². The van der Waals surface area contributed by atoms with Crippen LogP contribution in [0.3, 0.4) is 0 Å². The van der Waals surface area contributed by atoms with Crippen LogP contribution in [0, 0.1) is 6.92 Å². The molecule has 0 aliphatic rings. The summed E-state index contributed by atoms with van der Waals surface area (Å²) < 4.78 is 5.27. The van der Waals surface area contributed by atoms with E-state index < -0.39 is 0 Å². The molecule has 94 valence electrons. The molecule has 0 aliphatic heterocycles. The van der Waals surface area contributed by atoms with Gasteiger partial charge >= 0.3 is 0 Å². The first-order valence-electron chi connectivity index (χ1n) is 5.56. The number of para-hydroxylation sites is 1. The maximum atomic E-state index is 5.87. The van der Waals surface area contributed by atoms with Gasteiger partial charge in [-0.2, -0.15) is 0 Å². The van der Waals surface area contributed by atoms with Crippen molar-refractivity contribution in [2.75, 3.05) is 12.4 Å². The SMILES string of the molecule is COc1ccccc1CNc1nc(C)cc(Cl)n1. The van der Waals surface area contributed by atoms with Crippen molar-refractivity contribution in [3.05, 3.63) is 46.7 Å². The number of anilines is 1. The summed E-state index contributed by atoms with van der Waals surface area (Å²) in [5.74, 6) is 1.36. The van der Waals surface area contributed by atoms with Gasteiger partial charge in [0.15, 0.2) is 0 Å². The monoisotopic (exact) mass is 263 g/mol. The van der Waals surface area contributed by atoms with E-state index in [2.05, 4.69) is 15.3 Å². The largest absolute Gasteiger partial charge is 0.496 e. The topological polar surface area (TPSA) is 47.0 Å². The molecule has 2 aromatic rings. The molecule has 0 saturated heterocycles. The number of nitrogens with one attached hydrogen (secondary N) is 1. The van der Waals surface area contributed by atoms with E-state index in [1.54, 1.807) is 13.2 Å². The normalized spacial score (nSPS) is 10.2. The maximum absolute atomic E-state index is 5.87. The minimum atomic E-state index is 0.435. The minimum Gasteiger partial charge on any atom is -0.496 e. The molecule has 1 aromatic carbocycles. The van der Waals surface area contributed by atoms with E-state index in [4.69, 9.17) is 16.3 Å².